The van der Waals surface area contributed by atoms with Gasteiger partial charge in [0.15, 0.2) is 0 Å². The van der Waals surface area contributed by atoms with Crippen LogP contribution in [-0.2, 0) is 9.39 Å². The summed E-state index contributed by atoms with van der Waals surface area (Å²) in [6, 6.07) is 5.50. The van der Waals surface area contributed by atoms with E-state index in [2.05, 4.69) is 5.32 Å². The summed E-state index contributed by atoms with van der Waals surface area (Å²) in [5, 5.41) is 12.7. The Morgan fingerprint density at radius 3 is 2.88 bits per heavy atom. The van der Waals surface area contributed by atoms with E-state index >= 15 is 0 Å². The lowest BCUT2D eigenvalue weighted by Gasteiger charge is -2.19. The summed E-state index contributed by atoms with van der Waals surface area (Å²) in [6.07, 6.45) is -0.148. The molecule has 1 heterocycles. The number of benzene rings is 1. The Labute approximate surface area is 142 Å². The van der Waals surface area contributed by atoms with Crippen molar-refractivity contribution in [1.29, 1.82) is 0 Å². The summed E-state index contributed by atoms with van der Waals surface area (Å²) in [4.78, 5) is 11.5. The van der Waals surface area contributed by atoms with E-state index in [4.69, 9.17) is 19.9 Å². The van der Waals surface area contributed by atoms with Crippen molar-refractivity contribution < 1.29 is 23.9 Å². The predicted molar refractivity (Wildman–Crippen MR) is 91.3 cm³/mol. The van der Waals surface area contributed by atoms with Crippen molar-refractivity contribution in [1.82, 2.24) is 5.32 Å². The summed E-state index contributed by atoms with van der Waals surface area (Å²) >= 11 is 0. The fraction of sp³-hybridized carbons (Fsp3) is 0.562. The largest absolute Gasteiger partial charge is 0.495 e. The van der Waals surface area contributed by atoms with Crippen molar-refractivity contribution in [2.75, 3.05) is 19.7 Å². The monoisotopic (exact) mass is 336 g/mol. The van der Waals surface area contributed by atoms with Crippen LogP contribution in [0.5, 0.6) is 5.75 Å². The Bertz CT molecular complexity index is 576. The Kier molecular flexibility index (Phi) is 6.09. The Balaban J connectivity index is 1.80. The van der Waals surface area contributed by atoms with Crippen molar-refractivity contribution >= 4 is 18.7 Å². The minimum atomic E-state index is -1.02. The van der Waals surface area contributed by atoms with E-state index in [0.717, 1.165) is 5.56 Å². The maximum absolute atomic E-state index is 11.5. The van der Waals surface area contributed by atoms with Gasteiger partial charge in [-0.05, 0) is 38.8 Å². The molecule has 1 aliphatic rings. The summed E-state index contributed by atoms with van der Waals surface area (Å²) in [6.45, 7) is 6.57. The van der Waals surface area contributed by atoms with Crippen molar-refractivity contribution in [3.63, 3.8) is 0 Å². The molecule has 0 radical (unpaired) electrons. The summed E-state index contributed by atoms with van der Waals surface area (Å²) in [7, 11) is -1.02. The highest BCUT2D eigenvalue weighted by atomic mass is 16.6. The van der Waals surface area contributed by atoms with E-state index in [-0.39, 0.29) is 6.10 Å². The molecule has 4 N–H and O–H groups in total. The molecule has 1 amide bonds. The third-order valence-corrected chi connectivity index (χ3v) is 3.45. The molecule has 1 atom stereocenters. The van der Waals surface area contributed by atoms with Crippen molar-refractivity contribution in [3.8, 4) is 5.75 Å². The molecular weight excluding hydrogens is 311 g/mol. The average molecular weight is 336 g/mol. The SMILES string of the molecule is CC(C)(C)OC(=O)NCCCOc1cccc2c1B(O)OC2CN. The third-order valence-electron chi connectivity index (χ3n) is 3.45. The van der Waals surface area contributed by atoms with E-state index < -0.39 is 18.8 Å². The van der Waals surface area contributed by atoms with E-state index in [9.17, 15) is 9.82 Å². The first-order valence-electron chi connectivity index (χ1n) is 8.08. The zero-order chi connectivity index (χ0) is 17.7. The summed E-state index contributed by atoms with van der Waals surface area (Å²) < 4.78 is 16.3. The number of carbonyl (C=O) groups excluding carboxylic acids is 1. The van der Waals surface area contributed by atoms with Gasteiger partial charge in [-0.15, -0.1) is 0 Å². The minimum Gasteiger partial charge on any atom is -0.494 e. The van der Waals surface area contributed by atoms with Crippen LogP contribution >= 0.6 is 0 Å². The molecule has 0 fully saturated rings. The van der Waals surface area contributed by atoms with Gasteiger partial charge in [0.05, 0.1) is 12.7 Å². The highest BCUT2D eigenvalue weighted by molar-refractivity contribution is 6.62. The molecule has 7 nitrogen and oxygen atoms in total. The highest BCUT2D eigenvalue weighted by Crippen LogP contribution is 2.26. The number of amides is 1. The van der Waals surface area contributed by atoms with Crippen LogP contribution < -0.4 is 21.3 Å². The van der Waals surface area contributed by atoms with Crippen LogP contribution in [0.25, 0.3) is 0 Å². The van der Waals surface area contributed by atoms with Gasteiger partial charge in [0.2, 0.25) is 0 Å². The molecule has 1 aromatic rings. The molecule has 1 unspecified atom stereocenters. The zero-order valence-electron chi connectivity index (χ0n) is 14.4. The number of ether oxygens (including phenoxy) is 2. The van der Waals surface area contributed by atoms with Crippen LogP contribution in [0.4, 0.5) is 4.79 Å². The van der Waals surface area contributed by atoms with Crippen LogP contribution in [0.2, 0.25) is 0 Å². The molecule has 132 valence electrons. The van der Waals surface area contributed by atoms with Gasteiger partial charge in [-0.25, -0.2) is 4.79 Å². The number of alkyl carbamates (subject to hydrolysis) is 1. The Morgan fingerprint density at radius 2 is 2.21 bits per heavy atom. The smallest absolute Gasteiger partial charge is 0.494 e. The highest BCUT2D eigenvalue weighted by Gasteiger charge is 2.37. The van der Waals surface area contributed by atoms with E-state index in [1.807, 2.05) is 32.9 Å². The predicted octanol–water partition coefficient (Wildman–Crippen LogP) is 0.698. The van der Waals surface area contributed by atoms with Gasteiger partial charge < -0.3 is 30.2 Å². The van der Waals surface area contributed by atoms with Crippen LogP contribution in [0, 0.1) is 0 Å². The van der Waals surface area contributed by atoms with Gasteiger partial charge in [-0.3, -0.25) is 0 Å². The number of carbonyl (C=O) groups is 1. The van der Waals surface area contributed by atoms with Gasteiger partial charge in [-0.1, -0.05) is 12.1 Å². The van der Waals surface area contributed by atoms with Gasteiger partial charge in [0.1, 0.15) is 11.4 Å². The fourth-order valence-corrected chi connectivity index (χ4v) is 2.47. The normalized spacial score (nSPS) is 16.7. The zero-order valence-corrected chi connectivity index (χ0v) is 14.4. The summed E-state index contributed by atoms with van der Waals surface area (Å²) in [5.41, 5.74) is 6.62. The maximum Gasteiger partial charge on any atom is 0.495 e. The second kappa shape index (κ2) is 7.87. The van der Waals surface area contributed by atoms with Crippen molar-refractivity contribution in [2.45, 2.75) is 38.9 Å². The van der Waals surface area contributed by atoms with Gasteiger partial charge in [-0.2, -0.15) is 0 Å². The number of fused-ring (bicyclic) bond motifs is 1. The fourth-order valence-electron chi connectivity index (χ4n) is 2.47. The third kappa shape index (κ3) is 4.86. The molecule has 0 saturated heterocycles. The van der Waals surface area contributed by atoms with E-state index in [1.165, 1.54) is 0 Å². The lowest BCUT2D eigenvalue weighted by atomic mass is 9.78. The van der Waals surface area contributed by atoms with Crippen LogP contribution in [0.3, 0.4) is 0 Å². The topological polar surface area (TPSA) is 103 Å². The first-order valence-corrected chi connectivity index (χ1v) is 8.08. The molecule has 24 heavy (non-hydrogen) atoms. The second-order valence-electron chi connectivity index (χ2n) is 6.60. The first-order chi connectivity index (χ1) is 11.3. The van der Waals surface area contributed by atoms with Gasteiger partial charge in [0, 0.05) is 18.6 Å². The molecule has 8 heteroatoms. The first kappa shape index (κ1) is 18.6. The molecule has 2 rings (SSSR count). The van der Waals surface area contributed by atoms with Crippen molar-refractivity contribution in [3.05, 3.63) is 23.8 Å². The minimum absolute atomic E-state index is 0.299. The van der Waals surface area contributed by atoms with Crippen LogP contribution in [0.15, 0.2) is 18.2 Å². The lowest BCUT2D eigenvalue weighted by Crippen LogP contribution is -2.33. The molecule has 0 saturated carbocycles. The molecule has 0 spiro atoms. The standard InChI is InChI=1S/C16H25BN2O5/c1-16(2,3)23-15(20)19-8-5-9-22-12-7-4-6-11-13(10-18)24-17(21)14(11)12/h4,6-7,13,21H,5,8-10,18H2,1-3H3,(H,19,20). The van der Waals surface area contributed by atoms with Crippen LogP contribution in [0.1, 0.15) is 38.9 Å². The average Bonchev–Trinajstić information content (AvgIpc) is 2.82. The van der Waals surface area contributed by atoms with E-state index in [1.54, 1.807) is 6.07 Å². The molecule has 0 bridgehead atoms. The number of hydrogen-bond donors (Lipinski definition) is 3. The molecule has 1 aromatic carbocycles. The number of nitrogens with one attached hydrogen (secondary N) is 1. The summed E-state index contributed by atoms with van der Waals surface area (Å²) in [5.74, 6) is 0.577. The second-order valence-corrected chi connectivity index (χ2v) is 6.60. The molecule has 0 aromatic heterocycles. The maximum atomic E-state index is 11.5. The molecule has 0 aliphatic carbocycles. The number of rotatable bonds is 6. The van der Waals surface area contributed by atoms with Crippen molar-refractivity contribution in [2.24, 2.45) is 5.73 Å². The van der Waals surface area contributed by atoms with Gasteiger partial charge in [0.25, 0.3) is 0 Å². The Morgan fingerprint density at radius 1 is 1.46 bits per heavy atom. The molecular formula is C16H25BN2O5. The molecule has 1 aliphatic heterocycles. The lowest BCUT2D eigenvalue weighted by molar-refractivity contribution is 0.0525. The van der Waals surface area contributed by atoms with Crippen LogP contribution in [-0.4, -0.2) is 43.5 Å². The Hall–Kier alpha value is -1.77. The number of nitrogens with two attached hydrogens (primary N) is 1. The quantitative estimate of drug-likeness (QED) is 0.522. The van der Waals surface area contributed by atoms with Gasteiger partial charge >= 0.3 is 13.2 Å². The van der Waals surface area contributed by atoms with E-state index in [0.29, 0.717) is 37.3 Å². The number of hydrogen-bond acceptors (Lipinski definition) is 6.